The lowest BCUT2D eigenvalue weighted by Crippen LogP contribution is -2.36. The Kier molecular flexibility index (Phi) is 3.43. The van der Waals surface area contributed by atoms with Crippen LogP contribution in [0.1, 0.15) is 10.4 Å². The van der Waals surface area contributed by atoms with Crippen LogP contribution >= 0.6 is 0 Å². The van der Waals surface area contributed by atoms with Crippen molar-refractivity contribution in [2.45, 2.75) is 0 Å². The first-order valence-corrected chi connectivity index (χ1v) is 5.46. The summed E-state index contributed by atoms with van der Waals surface area (Å²) in [5, 5.41) is 11.9. The van der Waals surface area contributed by atoms with Gasteiger partial charge in [0.2, 0.25) is 0 Å². The lowest BCUT2D eigenvalue weighted by molar-refractivity contribution is 0.0697. The minimum absolute atomic E-state index is 0.191. The lowest BCUT2D eigenvalue weighted by atomic mass is 10.2. The van der Waals surface area contributed by atoms with Crippen molar-refractivity contribution in [2.75, 3.05) is 43.6 Å². The van der Waals surface area contributed by atoms with Crippen LogP contribution in [-0.2, 0) is 4.74 Å². The maximum atomic E-state index is 11.1. The van der Waals surface area contributed by atoms with Gasteiger partial charge >= 0.3 is 5.97 Å². The number of nitrogens with zero attached hydrogens (tertiary/aromatic N) is 2. The number of carbonyl (C=O) groups is 1. The SMILES string of the molecule is CNc1ncc(N2CCOCC2)cc1C(=O)O. The summed E-state index contributed by atoms with van der Waals surface area (Å²) in [5.74, 6) is -0.591. The molecule has 1 fully saturated rings. The van der Waals surface area contributed by atoms with Crippen LogP contribution in [0.2, 0.25) is 0 Å². The number of aromatic nitrogens is 1. The fourth-order valence-electron chi connectivity index (χ4n) is 1.81. The Morgan fingerprint density at radius 1 is 1.53 bits per heavy atom. The lowest BCUT2D eigenvalue weighted by Gasteiger charge is -2.28. The second kappa shape index (κ2) is 5.01. The highest BCUT2D eigenvalue weighted by molar-refractivity contribution is 5.94. The van der Waals surface area contributed by atoms with Gasteiger partial charge in [-0.05, 0) is 6.07 Å². The number of pyridine rings is 1. The van der Waals surface area contributed by atoms with Gasteiger partial charge in [-0.3, -0.25) is 0 Å². The van der Waals surface area contributed by atoms with E-state index in [0.29, 0.717) is 19.0 Å². The van der Waals surface area contributed by atoms with E-state index in [1.165, 1.54) is 0 Å². The maximum Gasteiger partial charge on any atom is 0.339 e. The summed E-state index contributed by atoms with van der Waals surface area (Å²) in [6, 6.07) is 1.65. The van der Waals surface area contributed by atoms with Crippen LogP contribution in [0.5, 0.6) is 0 Å². The molecule has 1 aliphatic heterocycles. The van der Waals surface area contributed by atoms with Gasteiger partial charge in [-0.15, -0.1) is 0 Å². The molecule has 6 nitrogen and oxygen atoms in total. The van der Waals surface area contributed by atoms with Gasteiger partial charge in [-0.2, -0.15) is 0 Å². The van der Waals surface area contributed by atoms with Crippen LogP contribution < -0.4 is 10.2 Å². The first-order valence-electron chi connectivity index (χ1n) is 5.46. The van der Waals surface area contributed by atoms with Crippen molar-refractivity contribution in [3.63, 3.8) is 0 Å². The molecule has 1 aromatic heterocycles. The van der Waals surface area contributed by atoms with E-state index in [0.717, 1.165) is 18.8 Å². The molecule has 1 aliphatic rings. The minimum Gasteiger partial charge on any atom is -0.478 e. The number of hydrogen-bond acceptors (Lipinski definition) is 5. The minimum atomic E-state index is -0.975. The van der Waals surface area contributed by atoms with Gasteiger partial charge < -0.3 is 20.1 Å². The van der Waals surface area contributed by atoms with E-state index in [2.05, 4.69) is 15.2 Å². The molecular formula is C11H15N3O3. The van der Waals surface area contributed by atoms with E-state index in [-0.39, 0.29) is 5.56 Å². The standard InChI is InChI=1S/C11H15N3O3/c1-12-10-9(11(15)16)6-8(7-13-10)14-2-4-17-5-3-14/h6-7H,2-5H2,1H3,(H,12,13)(H,15,16). The van der Waals surface area contributed by atoms with E-state index >= 15 is 0 Å². The van der Waals surface area contributed by atoms with E-state index in [1.54, 1.807) is 19.3 Å². The zero-order valence-corrected chi connectivity index (χ0v) is 9.64. The third-order valence-corrected chi connectivity index (χ3v) is 2.72. The summed E-state index contributed by atoms with van der Waals surface area (Å²) in [4.78, 5) is 17.3. The van der Waals surface area contributed by atoms with Crippen LogP contribution in [0.15, 0.2) is 12.3 Å². The van der Waals surface area contributed by atoms with Crippen LogP contribution in [0.25, 0.3) is 0 Å². The normalized spacial score (nSPS) is 15.7. The number of aromatic carboxylic acids is 1. The van der Waals surface area contributed by atoms with E-state index in [9.17, 15) is 4.79 Å². The Morgan fingerprint density at radius 3 is 2.82 bits per heavy atom. The molecule has 0 bridgehead atoms. The Bertz CT molecular complexity index is 416. The molecule has 92 valence electrons. The zero-order chi connectivity index (χ0) is 12.3. The van der Waals surface area contributed by atoms with Crippen LogP contribution in [0.4, 0.5) is 11.5 Å². The first kappa shape index (κ1) is 11.7. The molecule has 2 heterocycles. The molecule has 0 spiro atoms. The molecule has 0 radical (unpaired) electrons. The number of nitrogens with one attached hydrogen (secondary N) is 1. The average molecular weight is 237 g/mol. The molecule has 0 unspecified atom stereocenters. The fourth-order valence-corrected chi connectivity index (χ4v) is 1.81. The van der Waals surface area contributed by atoms with Gasteiger partial charge in [-0.1, -0.05) is 0 Å². The Labute approximate surface area is 99.2 Å². The Balaban J connectivity index is 2.29. The van der Waals surface area contributed by atoms with Gasteiger partial charge in [0.1, 0.15) is 11.4 Å². The van der Waals surface area contributed by atoms with Crippen molar-refractivity contribution in [1.82, 2.24) is 4.98 Å². The topological polar surface area (TPSA) is 74.7 Å². The predicted molar refractivity (Wildman–Crippen MR) is 63.8 cm³/mol. The van der Waals surface area contributed by atoms with Crippen LogP contribution in [0.3, 0.4) is 0 Å². The van der Waals surface area contributed by atoms with Crippen molar-refractivity contribution in [3.8, 4) is 0 Å². The highest BCUT2D eigenvalue weighted by Gasteiger charge is 2.16. The van der Waals surface area contributed by atoms with E-state index in [1.807, 2.05) is 0 Å². The number of hydrogen-bond donors (Lipinski definition) is 2. The quantitative estimate of drug-likeness (QED) is 0.804. The highest BCUT2D eigenvalue weighted by Crippen LogP contribution is 2.21. The molecule has 2 rings (SSSR count). The van der Waals surface area contributed by atoms with Crippen molar-refractivity contribution in [3.05, 3.63) is 17.8 Å². The third kappa shape index (κ3) is 2.47. The fraction of sp³-hybridized carbons (Fsp3) is 0.455. The third-order valence-electron chi connectivity index (χ3n) is 2.72. The van der Waals surface area contributed by atoms with Crippen molar-refractivity contribution >= 4 is 17.5 Å². The molecule has 17 heavy (non-hydrogen) atoms. The summed E-state index contributed by atoms with van der Waals surface area (Å²) in [6.07, 6.45) is 1.68. The first-order chi connectivity index (χ1) is 8.22. The molecule has 0 atom stereocenters. The number of rotatable bonds is 3. The second-order valence-electron chi connectivity index (χ2n) is 3.74. The maximum absolute atomic E-state index is 11.1. The molecule has 1 aromatic rings. The van der Waals surface area contributed by atoms with Gasteiger partial charge in [0, 0.05) is 20.1 Å². The van der Waals surface area contributed by atoms with Gasteiger partial charge in [0.05, 0.1) is 25.1 Å². The molecule has 0 saturated carbocycles. The molecule has 6 heteroatoms. The molecule has 1 saturated heterocycles. The van der Waals surface area contributed by atoms with Gasteiger partial charge in [0.15, 0.2) is 0 Å². The number of morpholine rings is 1. The van der Waals surface area contributed by atoms with Crippen LogP contribution in [0, 0.1) is 0 Å². The number of anilines is 2. The molecule has 0 aromatic carbocycles. The Hall–Kier alpha value is -1.82. The van der Waals surface area contributed by atoms with Gasteiger partial charge in [-0.25, -0.2) is 9.78 Å². The number of ether oxygens (including phenoxy) is 1. The Morgan fingerprint density at radius 2 is 2.24 bits per heavy atom. The monoisotopic (exact) mass is 237 g/mol. The molecule has 0 aliphatic carbocycles. The largest absolute Gasteiger partial charge is 0.478 e. The average Bonchev–Trinajstić information content (AvgIpc) is 2.39. The summed E-state index contributed by atoms with van der Waals surface area (Å²) in [5.41, 5.74) is 1.01. The van der Waals surface area contributed by atoms with Crippen molar-refractivity contribution < 1.29 is 14.6 Å². The summed E-state index contributed by atoms with van der Waals surface area (Å²) >= 11 is 0. The molecule has 0 amide bonds. The molecular weight excluding hydrogens is 222 g/mol. The smallest absolute Gasteiger partial charge is 0.339 e. The number of carboxylic acids is 1. The highest BCUT2D eigenvalue weighted by atomic mass is 16.5. The number of carboxylic acid groups (broad SMARTS) is 1. The zero-order valence-electron chi connectivity index (χ0n) is 9.64. The summed E-state index contributed by atoms with van der Waals surface area (Å²) in [6.45, 7) is 2.85. The van der Waals surface area contributed by atoms with Crippen LogP contribution in [-0.4, -0.2) is 49.4 Å². The van der Waals surface area contributed by atoms with Crippen molar-refractivity contribution in [1.29, 1.82) is 0 Å². The summed E-state index contributed by atoms with van der Waals surface area (Å²) in [7, 11) is 1.66. The van der Waals surface area contributed by atoms with Crippen molar-refractivity contribution in [2.24, 2.45) is 0 Å². The summed E-state index contributed by atoms with van der Waals surface area (Å²) < 4.78 is 5.25. The van der Waals surface area contributed by atoms with E-state index in [4.69, 9.17) is 9.84 Å². The predicted octanol–water partition coefficient (Wildman–Crippen LogP) is 0.658. The van der Waals surface area contributed by atoms with E-state index < -0.39 is 5.97 Å². The molecule has 2 N–H and O–H groups in total. The second-order valence-corrected chi connectivity index (χ2v) is 3.74. The van der Waals surface area contributed by atoms with Gasteiger partial charge in [0.25, 0.3) is 0 Å².